The summed E-state index contributed by atoms with van der Waals surface area (Å²) in [5.41, 5.74) is 2.02. The number of piperidine rings is 1. The molecule has 0 aromatic heterocycles. The lowest BCUT2D eigenvalue weighted by Gasteiger charge is -2.33. The van der Waals surface area contributed by atoms with Crippen LogP contribution in [0.1, 0.15) is 52.5 Å². The average Bonchev–Trinajstić information content (AvgIpc) is 2.56. The van der Waals surface area contributed by atoms with Gasteiger partial charge in [-0.2, -0.15) is 0 Å². The van der Waals surface area contributed by atoms with Crippen LogP contribution in [0.25, 0.3) is 0 Å². The first-order valence-electron chi connectivity index (χ1n) is 9.27. The molecule has 0 aliphatic carbocycles. The number of carbonyl (C=O) groups excluding carboxylic acids is 2. The molecule has 0 bridgehead atoms. The molecule has 138 valence electrons. The molecule has 5 heteroatoms. The molecule has 1 saturated heterocycles. The first-order valence-corrected chi connectivity index (χ1v) is 9.27. The zero-order valence-electron chi connectivity index (χ0n) is 15.8. The number of nitrogens with one attached hydrogen (secondary N) is 2. The molecule has 5 nitrogen and oxygen atoms in total. The molecular weight excluding hydrogens is 314 g/mol. The molecule has 1 fully saturated rings. The maximum atomic E-state index is 12.4. The molecule has 0 unspecified atom stereocenters. The SMILES string of the molecule is CC(=O)N[C@H](C(=O)Nc1ccc(CN2CCCC[C@H]2C)cc1)C(C)C. The van der Waals surface area contributed by atoms with Crippen molar-refractivity contribution in [2.45, 2.75) is 65.6 Å². The van der Waals surface area contributed by atoms with E-state index < -0.39 is 6.04 Å². The van der Waals surface area contributed by atoms with Crippen molar-refractivity contribution in [3.63, 3.8) is 0 Å². The minimum Gasteiger partial charge on any atom is -0.344 e. The van der Waals surface area contributed by atoms with Gasteiger partial charge >= 0.3 is 0 Å². The number of anilines is 1. The van der Waals surface area contributed by atoms with Crippen LogP contribution in [0.5, 0.6) is 0 Å². The van der Waals surface area contributed by atoms with Gasteiger partial charge in [0.15, 0.2) is 0 Å². The molecule has 2 amide bonds. The lowest BCUT2D eigenvalue weighted by atomic mass is 10.0. The Morgan fingerprint density at radius 2 is 1.88 bits per heavy atom. The van der Waals surface area contributed by atoms with Crippen LogP contribution >= 0.6 is 0 Å². The Bertz CT molecular complexity index is 583. The van der Waals surface area contributed by atoms with Crippen molar-refractivity contribution in [1.82, 2.24) is 10.2 Å². The Balaban J connectivity index is 1.94. The predicted octanol–water partition coefficient (Wildman–Crippen LogP) is 3.16. The van der Waals surface area contributed by atoms with Crippen molar-refractivity contribution in [3.8, 4) is 0 Å². The molecule has 1 heterocycles. The second-order valence-corrected chi connectivity index (χ2v) is 7.42. The number of carbonyl (C=O) groups is 2. The van der Waals surface area contributed by atoms with Crippen LogP contribution in [0.4, 0.5) is 5.69 Å². The zero-order chi connectivity index (χ0) is 18.4. The number of rotatable bonds is 6. The molecule has 0 radical (unpaired) electrons. The third-order valence-electron chi connectivity index (χ3n) is 4.86. The molecule has 2 N–H and O–H groups in total. The van der Waals surface area contributed by atoms with E-state index in [1.165, 1.54) is 31.7 Å². The van der Waals surface area contributed by atoms with Gasteiger partial charge in [-0.1, -0.05) is 32.4 Å². The number of benzene rings is 1. The third-order valence-corrected chi connectivity index (χ3v) is 4.86. The summed E-state index contributed by atoms with van der Waals surface area (Å²) >= 11 is 0. The Hall–Kier alpha value is -1.88. The summed E-state index contributed by atoms with van der Waals surface area (Å²) in [7, 11) is 0. The van der Waals surface area contributed by atoms with Gasteiger partial charge in [0, 0.05) is 25.2 Å². The zero-order valence-corrected chi connectivity index (χ0v) is 15.8. The summed E-state index contributed by atoms with van der Waals surface area (Å²) in [5.74, 6) is -0.341. The van der Waals surface area contributed by atoms with E-state index in [9.17, 15) is 9.59 Å². The first-order chi connectivity index (χ1) is 11.9. The van der Waals surface area contributed by atoms with Gasteiger partial charge in [-0.3, -0.25) is 14.5 Å². The van der Waals surface area contributed by atoms with Crippen molar-refractivity contribution < 1.29 is 9.59 Å². The normalized spacial score (nSPS) is 19.5. The Kier molecular flexibility index (Phi) is 7.00. The van der Waals surface area contributed by atoms with Crippen molar-refractivity contribution in [3.05, 3.63) is 29.8 Å². The fraction of sp³-hybridized carbons (Fsp3) is 0.600. The predicted molar refractivity (Wildman–Crippen MR) is 101 cm³/mol. The van der Waals surface area contributed by atoms with Gasteiger partial charge in [0.2, 0.25) is 11.8 Å². The summed E-state index contributed by atoms with van der Waals surface area (Å²) in [6, 6.07) is 8.13. The highest BCUT2D eigenvalue weighted by atomic mass is 16.2. The molecule has 1 aromatic rings. The monoisotopic (exact) mass is 345 g/mol. The second-order valence-electron chi connectivity index (χ2n) is 7.42. The van der Waals surface area contributed by atoms with Crippen LogP contribution in [0, 0.1) is 5.92 Å². The molecule has 1 aliphatic rings. The lowest BCUT2D eigenvalue weighted by molar-refractivity contribution is -0.126. The molecule has 0 saturated carbocycles. The molecule has 0 spiro atoms. The Morgan fingerprint density at radius 1 is 1.20 bits per heavy atom. The van der Waals surface area contributed by atoms with Crippen LogP contribution in [0.15, 0.2) is 24.3 Å². The lowest BCUT2D eigenvalue weighted by Crippen LogP contribution is -2.46. The van der Waals surface area contributed by atoms with Gasteiger partial charge < -0.3 is 10.6 Å². The van der Waals surface area contributed by atoms with E-state index in [1.807, 2.05) is 26.0 Å². The van der Waals surface area contributed by atoms with E-state index in [4.69, 9.17) is 0 Å². The standard InChI is InChI=1S/C20H31N3O2/c1-14(2)19(21-16(4)24)20(25)22-18-10-8-17(9-11-18)13-23-12-6-5-7-15(23)3/h8-11,14-15,19H,5-7,12-13H2,1-4H3,(H,21,24)(H,22,25)/t15-,19+/m1/s1. The molecule has 25 heavy (non-hydrogen) atoms. The van der Waals surface area contributed by atoms with E-state index in [0.29, 0.717) is 6.04 Å². The van der Waals surface area contributed by atoms with Gasteiger partial charge in [-0.25, -0.2) is 0 Å². The number of likely N-dealkylation sites (tertiary alicyclic amines) is 1. The summed E-state index contributed by atoms with van der Waals surface area (Å²) < 4.78 is 0. The highest BCUT2D eigenvalue weighted by molar-refractivity contribution is 5.97. The second kappa shape index (κ2) is 8.99. The molecule has 2 atom stereocenters. The molecule has 1 aromatic carbocycles. The summed E-state index contributed by atoms with van der Waals surface area (Å²) in [5, 5.41) is 5.61. The quantitative estimate of drug-likeness (QED) is 0.832. The smallest absolute Gasteiger partial charge is 0.247 e. The van der Waals surface area contributed by atoms with E-state index in [1.54, 1.807) is 0 Å². The van der Waals surface area contributed by atoms with Crippen molar-refractivity contribution >= 4 is 17.5 Å². The maximum absolute atomic E-state index is 12.4. The fourth-order valence-electron chi connectivity index (χ4n) is 3.29. The maximum Gasteiger partial charge on any atom is 0.247 e. The van der Waals surface area contributed by atoms with E-state index >= 15 is 0 Å². The number of nitrogens with zero attached hydrogens (tertiary/aromatic N) is 1. The van der Waals surface area contributed by atoms with Gasteiger partial charge in [0.25, 0.3) is 0 Å². The molecule has 2 rings (SSSR count). The van der Waals surface area contributed by atoms with Crippen molar-refractivity contribution in [1.29, 1.82) is 0 Å². The first kappa shape index (κ1) is 19.4. The van der Waals surface area contributed by atoms with Crippen LogP contribution in [-0.4, -0.2) is 35.3 Å². The summed E-state index contributed by atoms with van der Waals surface area (Å²) in [4.78, 5) is 26.2. The highest BCUT2D eigenvalue weighted by Crippen LogP contribution is 2.20. The minimum atomic E-state index is -0.522. The largest absolute Gasteiger partial charge is 0.344 e. The summed E-state index contributed by atoms with van der Waals surface area (Å²) in [6.45, 7) is 9.68. The van der Waals surface area contributed by atoms with Gasteiger partial charge in [-0.15, -0.1) is 0 Å². The number of hydrogen-bond acceptors (Lipinski definition) is 3. The van der Waals surface area contributed by atoms with Crippen molar-refractivity contribution in [2.24, 2.45) is 5.92 Å². The Labute approximate surface area is 151 Å². The number of hydrogen-bond donors (Lipinski definition) is 2. The van der Waals surface area contributed by atoms with E-state index in [0.717, 1.165) is 18.8 Å². The topological polar surface area (TPSA) is 61.4 Å². The van der Waals surface area contributed by atoms with Crippen LogP contribution in [0.2, 0.25) is 0 Å². The van der Waals surface area contributed by atoms with E-state index in [2.05, 4.69) is 34.6 Å². The van der Waals surface area contributed by atoms with Gasteiger partial charge in [0.1, 0.15) is 6.04 Å². The average molecular weight is 345 g/mol. The van der Waals surface area contributed by atoms with E-state index in [-0.39, 0.29) is 17.7 Å². The van der Waals surface area contributed by atoms with Crippen LogP contribution in [0.3, 0.4) is 0 Å². The number of amides is 2. The molecule has 1 aliphatic heterocycles. The minimum absolute atomic E-state index is 0.0313. The van der Waals surface area contributed by atoms with Gasteiger partial charge in [-0.05, 0) is 49.9 Å². The third kappa shape index (κ3) is 5.85. The highest BCUT2D eigenvalue weighted by Gasteiger charge is 2.23. The fourth-order valence-corrected chi connectivity index (χ4v) is 3.29. The van der Waals surface area contributed by atoms with Crippen LogP contribution < -0.4 is 10.6 Å². The van der Waals surface area contributed by atoms with Gasteiger partial charge in [0.05, 0.1) is 0 Å². The Morgan fingerprint density at radius 3 is 2.44 bits per heavy atom. The summed E-state index contributed by atoms with van der Waals surface area (Å²) in [6.07, 6.45) is 3.88. The van der Waals surface area contributed by atoms with Crippen molar-refractivity contribution in [2.75, 3.05) is 11.9 Å². The van der Waals surface area contributed by atoms with Crippen LogP contribution in [-0.2, 0) is 16.1 Å². The molecular formula is C20H31N3O2.